The molecule has 1 saturated heterocycles. The molecular formula is C14H21N3O. The van der Waals surface area contributed by atoms with Crippen LogP contribution in [-0.2, 0) is 0 Å². The van der Waals surface area contributed by atoms with E-state index >= 15 is 0 Å². The number of hydrogen-bond donors (Lipinski definition) is 1. The van der Waals surface area contributed by atoms with Crippen molar-refractivity contribution in [3.63, 3.8) is 0 Å². The Morgan fingerprint density at radius 1 is 1.33 bits per heavy atom. The molecular weight excluding hydrogens is 226 g/mol. The first kappa shape index (κ1) is 13.1. The smallest absolute Gasteiger partial charge is 0.254 e. The molecule has 0 bridgehead atoms. The van der Waals surface area contributed by atoms with Gasteiger partial charge in [-0.25, -0.2) is 0 Å². The van der Waals surface area contributed by atoms with Crippen LogP contribution in [0.5, 0.6) is 0 Å². The lowest BCUT2D eigenvalue weighted by atomic mass is 10.1. The van der Waals surface area contributed by atoms with Crippen molar-refractivity contribution in [1.82, 2.24) is 15.1 Å². The van der Waals surface area contributed by atoms with Crippen LogP contribution in [0.3, 0.4) is 0 Å². The van der Waals surface area contributed by atoms with Gasteiger partial charge in [-0.3, -0.25) is 4.79 Å². The average molecular weight is 247 g/mol. The molecule has 18 heavy (non-hydrogen) atoms. The maximum absolute atomic E-state index is 12.5. The van der Waals surface area contributed by atoms with Crippen LogP contribution in [0.1, 0.15) is 10.4 Å². The van der Waals surface area contributed by atoms with E-state index in [1.165, 1.54) is 0 Å². The van der Waals surface area contributed by atoms with E-state index in [0.717, 1.165) is 31.7 Å². The summed E-state index contributed by atoms with van der Waals surface area (Å²) in [5, 5.41) is 3.17. The van der Waals surface area contributed by atoms with Crippen molar-refractivity contribution >= 4 is 5.91 Å². The lowest BCUT2D eigenvalue weighted by molar-refractivity contribution is 0.0504. The Kier molecular flexibility index (Phi) is 4.33. The minimum atomic E-state index is 0.143. The first-order chi connectivity index (χ1) is 8.72. The second-order valence-corrected chi connectivity index (χ2v) is 4.84. The fraction of sp³-hybridized carbons (Fsp3) is 0.500. The van der Waals surface area contributed by atoms with E-state index in [0.29, 0.717) is 0 Å². The topological polar surface area (TPSA) is 35.6 Å². The Morgan fingerprint density at radius 3 is 2.72 bits per heavy atom. The third-order valence-electron chi connectivity index (χ3n) is 3.41. The number of benzene rings is 1. The molecule has 0 radical (unpaired) electrons. The maximum Gasteiger partial charge on any atom is 0.254 e. The third kappa shape index (κ3) is 2.89. The summed E-state index contributed by atoms with van der Waals surface area (Å²) in [6.07, 6.45) is 0. The first-order valence-electron chi connectivity index (χ1n) is 6.41. The van der Waals surface area contributed by atoms with Crippen molar-refractivity contribution in [1.29, 1.82) is 0 Å². The molecule has 1 aromatic carbocycles. The van der Waals surface area contributed by atoms with Gasteiger partial charge in [-0.2, -0.15) is 0 Å². The minimum Gasteiger partial charge on any atom is -0.332 e. The van der Waals surface area contributed by atoms with E-state index in [9.17, 15) is 4.79 Å². The lowest BCUT2D eigenvalue weighted by Crippen LogP contribution is -2.57. The van der Waals surface area contributed by atoms with Crippen molar-refractivity contribution in [2.24, 2.45) is 0 Å². The van der Waals surface area contributed by atoms with Crippen LogP contribution in [-0.4, -0.2) is 62.0 Å². The lowest BCUT2D eigenvalue weighted by Gasteiger charge is -2.40. The van der Waals surface area contributed by atoms with Crippen LogP contribution >= 0.6 is 0 Å². The summed E-state index contributed by atoms with van der Waals surface area (Å²) in [5.74, 6) is 0.143. The van der Waals surface area contributed by atoms with Crippen LogP contribution in [0.4, 0.5) is 0 Å². The molecule has 0 aliphatic carbocycles. The standard InChI is InChI=1S/C14H21N3O/c1-15-10-13-11-16(2)8-9-17(13)14(18)12-6-4-3-5-7-12/h3-7,13,15H,8-11H2,1-2H3. The van der Waals surface area contributed by atoms with E-state index in [1.807, 2.05) is 42.3 Å². The quantitative estimate of drug-likeness (QED) is 0.852. The molecule has 1 heterocycles. The number of piperazine rings is 1. The van der Waals surface area contributed by atoms with Crippen LogP contribution < -0.4 is 5.32 Å². The van der Waals surface area contributed by atoms with E-state index in [1.54, 1.807) is 0 Å². The highest BCUT2D eigenvalue weighted by molar-refractivity contribution is 5.94. The average Bonchev–Trinajstić information content (AvgIpc) is 2.40. The summed E-state index contributed by atoms with van der Waals surface area (Å²) in [4.78, 5) is 16.7. The SMILES string of the molecule is CNCC1CN(C)CCN1C(=O)c1ccccc1. The molecule has 0 spiro atoms. The molecule has 4 nitrogen and oxygen atoms in total. The Labute approximate surface area is 109 Å². The number of carbonyl (C=O) groups excluding carboxylic acids is 1. The predicted molar refractivity (Wildman–Crippen MR) is 72.7 cm³/mol. The minimum absolute atomic E-state index is 0.143. The molecule has 1 fully saturated rings. The zero-order valence-electron chi connectivity index (χ0n) is 11.1. The van der Waals surface area contributed by atoms with Crippen molar-refractivity contribution in [3.05, 3.63) is 35.9 Å². The van der Waals surface area contributed by atoms with Gasteiger partial charge in [0.1, 0.15) is 0 Å². The van der Waals surface area contributed by atoms with Gasteiger partial charge >= 0.3 is 0 Å². The summed E-state index contributed by atoms with van der Waals surface area (Å²) in [6.45, 7) is 3.51. The molecule has 1 unspecified atom stereocenters. The zero-order valence-corrected chi connectivity index (χ0v) is 11.1. The number of nitrogens with zero attached hydrogens (tertiary/aromatic N) is 2. The van der Waals surface area contributed by atoms with Crippen molar-refractivity contribution in [2.45, 2.75) is 6.04 Å². The van der Waals surface area contributed by atoms with Crippen molar-refractivity contribution in [3.8, 4) is 0 Å². The highest BCUT2D eigenvalue weighted by Crippen LogP contribution is 2.13. The van der Waals surface area contributed by atoms with Gasteiger partial charge in [-0.1, -0.05) is 18.2 Å². The highest BCUT2D eigenvalue weighted by atomic mass is 16.2. The van der Waals surface area contributed by atoms with Gasteiger partial charge in [0, 0.05) is 31.7 Å². The fourth-order valence-corrected chi connectivity index (χ4v) is 2.43. The van der Waals surface area contributed by atoms with Crippen molar-refractivity contribution in [2.75, 3.05) is 40.3 Å². The zero-order chi connectivity index (χ0) is 13.0. The van der Waals surface area contributed by atoms with Crippen LogP contribution in [0.15, 0.2) is 30.3 Å². The monoisotopic (exact) mass is 247 g/mol. The van der Waals surface area contributed by atoms with E-state index in [2.05, 4.69) is 17.3 Å². The fourth-order valence-electron chi connectivity index (χ4n) is 2.43. The van der Waals surface area contributed by atoms with Crippen LogP contribution in [0.2, 0.25) is 0 Å². The summed E-state index contributed by atoms with van der Waals surface area (Å²) < 4.78 is 0. The Balaban J connectivity index is 2.12. The van der Waals surface area contributed by atoms with E-state index in [-0.39, 0.29) is 11.9 Å². The van der Waals surface area contributed by atoms with Gasteiger partial charge in [0.2, 0.25) is 0 Å². The Bertz CT molecular complexity index is 393. The van der Waals surface area contributed by atoms with Gasteiger partial charge in [0.15, 0.2) is 0 Å². The van der Waals surface area contributed by atoms with Crippen LogP contribution in [0.25, 0.3) is 0 Å². The molecule has 1 N–H and O–H groups in total. The number of carbonyl (C=O) groups is 1. The second kappa shape index (κ2) is 5.98. The number of amides is 1. The molecule has 0 aromatic heterocycles. The molecule has 1 aromatic rings. The molecule has 1 amide bonds. The van der Waals surface area contributed by atoms with Gasteiger partial charge in [0.25, 0.3) is 5.91 Å². The van der Waals surface area contributed by atoms with Crippen LogP contribution in [0, 0.1) is 0 Å². The number of hydrogen-bond acceptors (Lipinski definition) is 3. The summed E-state index contributed by atoms with van der Waals surface area (Å²) >= 11 is 0. The predicted octanol–water partition coefficient (Wildman–Crippen LogP) is 0.662. The van der Waals surface area contributed by atoms with E-state index in [4.69, 9.17) is 0 Å². The van der Waals surface area contributed by atoms with Gasteiger partial charge in [-0.15, -0.1) is 0 Å². The molecule has 1 aliphatic rings. The Hall–Kier alpha value is -1.39. The maximum atomic E-state index is 12.5. The van der Waals surface area contributed by atoms with Gasteiger partial charge in [-0.05, 0) is 26.2 Å². The number of nitrogens with one attached hydrogen (secondary N) is 1. The van der Waals surface area contributed by atoms with Gasteiger partial charge < -0.3 is 15.1 Å². The van der Waals surface area contributed by atoms with E-state index < -0.39 is 0 Å². The molecule has 98 valence electrons. The Morgan fingerprint density at radius 2 is 2.06 bits per heavy atom. The third-order valence-corrected chi connectivity index (χ3v) is 3.41. The van der Waals surface area contributed by atoms with Crippen molar-refractivity contribution < 1.29 is 4.79 Å². The number of rotatable bonds is 3. The number of likely N-dealkylation sites (N-methyl/N-ethyl adjacent to an activating group) is 2. The molecule has 0 saturated carbocycles. The largest absolute Gasteiger partial charge is 0.332 e. The summed E-state index contributed by atoms with van der Waals surface area (Å²) in [5.41, 5.74) is 0.781. The molecule has 2 rings (SSSR count). The normalized spacial score (nSPS) is 21.0. The second-order valence-electron chi connectivity index (χ2n) is 4.84. The summed E-state index contributed by atoms with van der Waals surface area (Å²) in [6, 6.07) is 9.79. The first-order valence-corrected chi connectivity index (χ1v) is 6.41. The molecule has 1 atom stereocenters. The van der Waals surface area contributed by atoms with Gasteiger partial charge in [0.05, 0.1) is 6.04 Å². The molecule has 4 heteroatoms. The molecule has 1 aliphatic heterocycles. The highest BCUT2D eigenvalue weighted by Gasteiger charge is 2.28. The summed E-state index contributed by atoms with van der Waals surface area (Å²) in [7, 11) is 4.03.